The van der Waals surface area contributed by atoms with Crippen molar-refractivity contribution in [2.45, 2.75) is 31.3 Å². The van der Waals surface area contributed by atoms with E-state index >= 15 is 4.39 Å². The van der Waals surface area contributed by atoms with Gasteiger partial charge in [-0.25, -0.2) is 13.2 Å². The van der Waals surface area contributed by atoms with E-state index in [0.29, 0.717) is 27.5 Å². The molecule has 2 heterocycles. The van der Waals surface area contributed by atoms with E-state index < -0.39 is 29.1 Å². The van der Waals surface area contributed by atoms with E-state index in [4.69, 9.17) is 4.74 Å². The summed E-state index contributed by atoms with van der Waals surface area (Å²) in [6, 6.07) is 14.7. The Labute approximate surface area is 227 Å². The number of nitrogens with zero attached hydrogens (tertiary/aromatic N) is 2. The first-order chi connectivity index (χ1) is 18.8. The highest BCUT2D eigenvalue weighted by Crippen LogP contribution is 2.42. The third-order valence-electron chi connectivity index (χ3n) is 7.14. The Hall–Kier alpha value is -3.98. The van der Waals surface area contributed by atoms with Gasteiger partial charge >= 0.3 is 0 Å². The minimum absolute atomic E-state index is 0.0106. The minimum atomic E-state index is -0.721. The molecule has 1 N–H and O–H groups in total. The number of fused-ring (bicyclic) bond motifs is 1. The zero-order valence-electron chi connectivity index (χ0n) is 21.5. The number of benzene rings is 3. The number of hydrogen-bond donors (Lipinski definition) is 1. The summed E-state index contributed by atoms with van der Waals surface area (Å²) in [6.07, 6.45) is -0.159. The molecule has 0 saturated carbocycles. The van der Waals surface area contributed by atoms with Gasteiger partial charge in [0.05, 0.1) is 23.7 Å². The summed E-state index contributed by atoms with van der Waals surface area (Å²) in [5, 5.41) is 14.2. The van der Waals surface area contributed by atoms with Crippen LogP contribution in [0.25, 0.3) is 11.1 Å². The predicted molar refractivity (Wildman–Crippen MR) is 146 cm³/mol. The smallest absolute Gasteiger partial charge is 0.260 e. The van der Waals surface area contributed by atoms with Crippen molar-refractivity contribution in [3.63, 3.8) is 0 Å². The fourth-order valence-corrected chi connectivity index (χ4v) is 6.50. The molecule has 0 bridgehead atoms. The van der Waals surface area contributed by atoms with E-state index in [1.165, 1.54) is 53.8 Å². The fourth-order valence-electron chi connectivity index (χ4n) is 5.13. The lowest BCUT2D eigenvalue weighted by atomic mass is 9.93. The standard InChI is InChI=1S/C30H25F3N2O3S/c1-16-8-4-5-9-18(16)28(34-37)24-15-39-30-20(14-21-22(31)11-7-12-23(21)32)17(2)26(29(36)35(24)30)19-10-6-13-25(38-3)27(19)33/h4-13,24,37H,14-15H2,1-3H3. The number of oxime groups is 1. The first-order valence-electron chi connectivity index (χ1n) is 12.2. The average molecular weight is 551 g/mol. The summed E-state index contributed by atoms with van der Waals surface area (Å²) >= 11 is 1.33. The number of aryl methyl sites for hydroxylation is 1. The van der Waals surface area contributed by atoms with Crippen LogP contribution in [0.5, 0.6) is 5.75 Å². The van der Waals surface area contributed by atoms with Gasteiger partial charge < -0.3 is 9.94 Å². The van der Waals surface area contributed by atoms with Crippen LogP contribution in [0.2, 0.25) is 0 Å². The molecule has 0 saturated heterocycles. The second-order valence-electron chi connectivity index (χ2n) is 9.28. The molecule has 0 radical (unpaired) electrons. The van der Waals surface area contributed by atoms with Crippen LogP contribution in [0, 0.1) is 31.3 Å². The number of thioether (sulfide) groups is 1. The van der Waals surface area contributed by atoms with Gasteiger partial charge in [-0.05, 0) is 48.7 Å². The molecule has 1 atom stereocenters. The van der Waals surface area contributed by atoms with Crippen molar-refractivity contribution in [1.29, 1.82) is 0 Å². The van der Waals surface area contributed by atoms with Gasteiger partial charge in [0, 0.05) is 28.9 Å². The minimum Gasteiger partial charge on any atom is -0.494 e. The van der Waals surface area contributed by atoms with Crippen LogP contribution < -0.4 is 10.3 Å². The van der Waals surface area contributed by atoms with Crippen molar-refractivity contribution in [2.75, 3.05) is 12.9 Å². The molecule has 0 spiro atoms. The van der Waals surface area contributed by atoms with Crippen LogP contribution in [0.4, 0.5) is 13.2 Å². The van der Waals surface area contributed by atoms with Gasteiger partial charge in [0.15, 0.2) is 11.6 Å². The topological polar surface area (TPSA) is 63.8 Å². The lowest BCUT2D eigenvalue weighted by Gasteiger charge is -2.22. The van der Waals surface area contributed by atoms with Crippen LogP contribution in [-0.4, -0.2) is 28.3 Å². The second-order valence-corrected chi connectivity index (χ2v) is 10.3. The molecule has 1 aliphatic rings. The number of hydrogen-bond acceptors (Lipinski definition) is 5. The predicted octanol–water partition coefficient (Wildman–Crippen LogP) is 6.67. The first-order valence-corrected chi connectivity index (χ1v) is 13.2. The molecular formula is C30H25F3N2O3S. The number of ether oxygens (including phenoxy) is 1. The molecule has 4 aromatic rings. The third-order valence-corrected chi connectivity index (χ3v) is 8.34. The van der Waals surface area contributed by atoms with Crippen LogP contribution in [-0.2, 0) is 6.42 Å². The highest BCUT2D eigenvalue weighted by molar-refractivity contribution is 7.99. The quantitative estimate of drug-likeness (QED) is 0.165. The summed E-state index contributed by atoms with van der Waals surface area (Å²) < 4.78 is 51.7. The molecule has 5 rings (SSSR count). The number of halogens is 3. The van der Waals surface area contributed by atoms with Gasteiger partial charge in [0.1, 0.15) is 17.3 Å². The lowest BCUT2D eigenvalue weighted by Crippen LogP contribution is -2.32. The molecule has 1 aromatic heterocycles. The van der Waals surface area contributed by atoms with Gasteiger partial charge in [-0.1, -0.05) is 47.6 Å². The van der Waals surface area contributed by atoms with Gasteiger partial charge in [0.2, 0.25) is 0 Å². The lowest BCUT2D eigenvalue weighted by molar-refractivity contribution is 0.315. The molecule has 3 aromatic carbocycles. The monoisotopic (exact) mass is 550 g/mol. The van der Waals surface area contributed by atoms with Crippen molar-refractivity contribution in [3.05, 3.63) is 116 Å². The SMILES string of the molecule is COc1cccc(-c2c(C)c(Cc3c(F)cccc3F)c3n(c2=O)C(C(=NO)c2ccccc2C)CS3)c1F. The van der Waals surface area contributed by atoms with Crippen molar-refractivity contribution in [1.82, 2.24) is 4.57 Å². The third kappa shape index (κ3) is 4.50. The van der Waals surface area contributed by atoms with E-state index in [-0.39, 0.29) is 34.6 Å². The Balaban J connectivity index is 1.81. The number of pyridine rings is 1. The Morgan fingerprint density at radius 2 is 1.72 bits per heavy atom. The molecule has 0 aliphatic carbocycles. The molecule has 5 nitrogen and oxygen atoms in total. The van der Waals surface area contributed by atoms with Crippen molar-refractivity contribution >= 4 is 17.5 Å². The summed E-state index contributed by atoms with van der Waals surface area (Å²) in [6.45, 7) is 3.52. The average Bonchev–Trinajstić information content (AvgIpc) is 3.35. The maximum absolute atomic E-state index is 15.5. The maximum atomic E-state index is 15.5. The molecule has 1 unspecified atom stereocenters. The van der Waals surface area contributed by atoms with Gasteiger partial charge in [-0.2, -0.15) is 0 Å². The molecule has 200 valence electrons. The van der Waals surface area contributed by atoms with Gasteiger partial charge in [-0.15, -0.1) is 11.8 Å². The fraction of sp³-hybridized carbons (Fsp3) is 0.200. The van der Waals surface area contributed by atoms with Gasteiger partial charge in [-0.3, -0.25) is 9.36 Å². The highest BCUT2D eigenvalue weighted by atomic mass is 32.2. The Morgan fingerprint density at radius 3 is 2.38 bits per heavy atom. The number of rotatable bonds is 6. The molecule has 1 aliphatic heterocycles. The largest absolute Gasteiger partial charge is 0.494 e. The van der Waals surface area contributed by atoms with Crippen LogP contribution >= 0.6 is 11.8 Å². The van der Waals surface area contributed by atoms with Crippen molar-refractivity contribution in [3.8, 4) is 16.9 Å². The number of aromatic nitrogens is 1. The Bertz CT molecular complexity index is 1660. The molecular weight excluding hydrogens is 525 g/mol. The Kier molecular flexibility index (Phi) is 7.27. The summed E-state index contributed by atoms with van der Waals surface area (Å²) in [5.41, 5.74) is 2.07. The molecule has 39 heavy (non-hydrogen) atoms. The number of methoxy groups -OCH3 is 1. The van der Waals surface area contributed by atoms with Gasteiger partial charge in [0.25, 0.3) is 5.56 Å². The summed E-state index contributed by atoms with van der Waals surface area (Å²) in [5.74, 6) is -1.86. The Morgan fingerprint density at radius 1 is 1.03 bits per heavy atom. The summed E-state index contributed by atoms with van der Waals surface area (Å²) in [7, 11) is 1.33. The highest BCUT2D eigenvalue weighted by Gasteiger charge is 2.35. The molecule has 0 amide bonds. The van der Waals surface area contributed by atoms with E-state index in [9.17, 15) is 18.8 Å². The van der Waals surface area contributed by atoms with Crippen molar-refractivity contribution < 1.29 is 23.1 Å². The maximum Gasteiger partial charge on any atom is 0.260 e. The normalized spacial score (nSPS) is 14.9. The molecule has 9 heteroatoms. The van der Waals surface area contributed by atoms with E-state index in [1.807, 2.05) is 19.1 Å². The molecule has 0 fully saturated rings. The van der Waals surface area contributed by atoms with Crippen LogP contribution in [0.3, 0.4) is 0 Å². The van der Waals surface area contributed by atoms with E-state index in [1.54, 1.807) is 25.1 Å². The second kappa shape index (κ2) is 10.6. The van der Waals surface area contributed by atoms with Crippen LogP contribution in [0.1, 0.15) is 33.9 Å². The zero-order valence-corrected chi connectivity index (χ0v) is 22.3. The van der Waals surface area contributed by atoms with E-state index in [0.717, 1.165) is 5.56 Å². The zero-order chi connectivity index (χ0) is 27.8. The van der Waals surface area contributed by atoms with Crippen LogP contribution in [0.15, 0.2) is 75.6 Å². The first kappa shape index (κ1) is 26.6. The summed E-state index contributed by atoms with van der Waals surface area (Å²) in [4.78, 5) is 14.2. The van der Waals surface area contributed by atoms with E-state index in [2.05, 4.69) is 5.16 Å². The van der Waals surface area contributed by atoms with Crippen molar-refractivity contribution in [2.24, 2.45) is 5.16 Å².